The number of non-ortho nitro benzene ring substituents is 1. The number of aromatic nitrogens is 2. The Bertz CT molecular complexity index is 811. The molecular weight excluding hydrogens is 296 g/mol. The first-order valence-electron chi connectivity index (χ1n) is 6.01. The number of sulfonamides is 1. The molecule has 0 amide bonds. The third kappa shape index (κ3) is 3.02. The van der Waals surface area contributed by atoms with Gasteiger partial charge < -0.3 is 0 Å². The number of benzene rings is 1. The summed E-state index contributed by atoms with van der Waals surface area (Å²) in [5.41, 5.74) is 1.42. The molecule has 0 saturated heterocycles. The number of nitro benzene ring substituents is 1. The minimum atomic E-state index is -3.95. The van der Waals surface area contributed by atoms with Crippen molar-refractivity contribution in [2.24, 2.45) is 0 Å². The Labute approximate surface area is 121 Å². The van der Waals surface area contributed by atoms with Gasteiger partial charge >= 0.3 is 0 Å². The maximum absolute atomic E-state index is 12.4. The average molecular weight is 310 g/mol. The van der Waals surface area contributed by atoms with Crippen LogP contribution >= 0.6 is 0 Å². The second-order valence-corrected chi connectivity index (χ2v) is 6.34. The molecule has 0 atom stereocenters. The number of hydrogen-bond acceptors (Lipinski definition) is 5. The molecule has 8 nitrogen and oxygen atoms in total. The van der Waals surface area contributed by atoms with E-state index in [9.17, 15) is 18.5 Å². The third-order valence-corrected chi connectivity index (χ3v) is 4.53. The lowest BCUT2D eigenvalue weighted by molar-refractivity contribution is -0.385. The maximum atomic E-state index is 12.4. The molecule has 1 aromatic heterocycles. The SMILES string of the molecule is Cc1cc(NS(=O)(=O)c2cc([N+](=O)[O-])cc(C)c2C)n[nH]1. The zero-order valence-corrected chi connectivity index (χ0v) is 12.5. The highest BCUT2D eigenvalue weighted by Gasteiger charge is 2.23. The Morgan fingerprint density at radius 3 is 2.43 bits per heavy atom. The Hall–Kier alpha value is -2.42. The van der Waals surface area contributed by atoms with Crippen molar-refractivity contribution >= 4 is 21.5 Å². The smallest absolute Gasteiger partial charge is 0.271 e. The van der Waals surface area contributed by atoms with Crippen LogP contribution in [0.5, 0.6) is 0 Å². The molecule has 0 radical (unpaired) electrons. The van der Waals surface area contributed by atoms with E-state index in [2.05, 4.69) is 14.9 Å². The molecule has 0 bridgehead atoms. The topological polar surface area (TPSA) is 118 Å². The maximum Gasteiger partial charge on any atom is 0.271 e. The normalized spacial score (nSPS) is 11.4. The first kappa shape index (κ1) is 15.0. The van der Waals surface area contributed by atoms with Crippen LogP contribution in [0.4, 0.5) is 11.5 Å². The molecular formula is C12H14N4O4S. The fraction of sp³-hybridized carbons (Fsp3) is 0.250. The summed E-state index contributed by atoms with van der Waals surface area (Å²) in [7, 11) is -3.95. The van der Waals surface area contributed by atoms with Crippen LogP contribution < -0.4 is 4.72 Å². The Morgan fingerprint density at radius 2 is 1.90 bits per heavy atom. The van der Waals surface area contributed by atoms with Crippen molar-refractivity contribution in [1.82, 2.24) is 10.2 Å². The Kier molecular flexibility index (Phi) is 3.69. The van der Waals surface area contributed by atoms with Crippen LogP contribution in [-0.4, -0.2) is 23.5 Å². The molecule has 9 heteroatoms. The summed E-state index contributed by atoms with van der Waals surface area (Å²) in [5, 5.41) is 17.3. The van der Waals surface area contributed by atoms with Crippen molar-refractivity contribution in [2.75, 3.05) is 4.72 Å². The molecule has 0 spiro atoms. The fourth-order valence-corrected chi connectivity index (χ4v) is 3.19. The lowest BCUT2D eigenvalue weighted by Crippen LogP contribution is -2.15. The highest BCUT2D eigenvalue weighted by atomic mass is 32.2. The largest absolute Gasteiger partial charge is 0.281 e. The summed E-state index contributed by atoms with van der Waals surface area (Å²) in [6.07, 6.45) is 0. The first-order chi connectivity index (χ1) is 9.70. The molecule has 1 aromatic carbocycles. The summed E-state index contributed by atoms with van der Waals surface area (Å²) >= 11 is 0. The highest BCUT2D eigenvalue weighted by molar-refractivity contribution is 7.92. The fourth-order valence-electron chi connectivity index (χ4n) is 1.86. The average Bonchev–Trinajstić information content (AvgIpc) is 2.76. The van der Waals surface area contributed by atoms with E-state index >= 15 is 0 Å². The van der Waals surface area contributed by atoms with Gasteiger partial charge in [0.15, 0.2) is 5.82 Å². The molecule has 2 N–H and O–H groups in total. The second kappa shape index (κ2) is 5.17. The Balaban J connectivity index is 2.51. The predicted octanol–water partition coefficient (Wildman–Crippen LogP) is 2.04. The minimum Gasteiger partial charge on any atom is -0.281 e. The predicted molar refractivity (Wildman–Crippen MR) is 76.7 cm³/mol. The van der Waals surface area contributed by atoms with E-state index in [1.807, 2.05) is 0 Å². The molecule has 0 aliphatic heterocycles. The van der Waals surface area contributed by atoms with Gasteiger partial charge in [-0.15, -0.1) is 0 Å². The van der Waals surface area contributed by atoms with Crippen LogP contribution in [0, 0.1) is 30.9 Å². The number of anilines is 1. The molecule has 0 unspecified atom stereocenters. The molecule has 0 aliphatic carbocycles. The van der Waals surface area contributed by atoms with Gasteiger partial charge in [0.2, 0.25) is 0 Å². The van der Waals surface area contributed by atoms with Crippen molar-refractivity contribution in [3.05, 3.63) is 45.1 Å². The van der Waals surface area contributed by atoms with Gasteiger partial charge in [-0.25, -0.2) is 8.42 Å². The van der Waals surface area contributed by atoms with E-state index in [1.165, 1.54) is 12.1 Å². The van der Waals surface area contributed by atoms with Crippen molar-refractivity contribution in [2.45, 2.75) is 25.7 Å². The zero-order chi connectivity index (χ0) is 15.8. The molecule has 2 aromatic rings. The van der Waals surface area contributed by atoms with Crippen molar-refractivity contribution < 1.29 is 13.3 Å². The van der Waals surface area contributed by atoms with Gasteiger partial charge in [-0.3, -0.25) is 19.9 Å². The van der Waals surface area contributed by atoms with Crippen LogP contribution in [0.15, 0.2) is 23.1 Å². The van der Waals surface area contributed by atoms with Crippen LogP contribution in [0.1, 0.15) is 16.8 Å². The zero-order valence-electron chi connectivity index (χ0n) is 11.7. The highest BCUT2D eigenvalue weighted by Crippen LogP contribution is 2.26. The van der Waals surface area contributed by atoms with Gasteiger partial charge in [-0.2, -0.15) is 5.10 Å². The van der Waals surface area contributed by atoms with E-state index in [1.54, 1.807) is 20.8 Å². The number of hydrogen-bond donors (Lipinski definition) is 2. The molecule has 21 heavy (non-hydrogen) atoms. The standard InChI is InChI=1S/C12H14N4O4S/c1-7-4-10(16(17)18)6-11(9(7)3)21(19,20)15-12-5-8(2)13-14-12/h4-6H,1-3H3,(H2,13,14,15). The number of nitrogens with zero attached hydrogens (tertiary/aromatic N) is 2. The van der Waals surface area contributed by atoms with E-state index < -0.39 is 14.9 Å². The van der Waals surface area contributed by atoms with Crippen LogP contribution in [-0.2, 0) is 10.0 Å². The van der Waals surface area contributed by atoms with E-state index in [4.69, 9.17) is 0 Å². The molecule has 1 heterocycles. The summed E-state index contributed by atoms with van der Waals surface area (Å²) in [5.74, 6) is 0.135. The minimum absolute atomic E-state index is 0.130. The summed E-state index contributed by atoms with van der Waals surface area (Å²) < 4.78 is 27.0. The monoisotopic (exact) mass is 310 g/mol. The van der Waals surface area contributed by atoms with E-state index in [0.717, 1.165) is 6.07 Å². The van der Waals surface area contributed by atoms with Crippen molar-refractivity contribution in [1.29, 1.82) is 0 Å². The van der Waals surface area contributed by atoms with Crippen LogP contribution in [0.3, 0.4) is 0 Å². The van der Waals surface area contributed by atoms with E-state index in [-0.39, 0.29) is 16.4 Å². The van der Waals surface area contributed by atoms with E-state index in [0.29, 0.717) is 16.8 Å². The molecule has 0 saturated carbocycles. The van der Waals surface area contributed by atoms with Gasteiger partial charge in [0.1, 0.15) is 0 Å². The first-order valence-corrected chi connectivity index (χ1v) is 7.49. The number of H-pyrrole nitrogens is 1. The third-order valence-electron chi connectivity index (χ3n) is 3.05. The number of aromatic amines is 1. The summed E-state index contributed by atoms with van der Waals surface area (Å²) in [6.45, 7) is 4.96. The molecule has 2 rings (SSSR count). The quantitative estimate of drug-likeness (QED) is 0.661. The number of nitro groups is 1. The lowest BCUT2D eigenvalue weighted by atomic mass is 10.1. The number of rotatable bonds is 4. The molecule has 112 valence electrons. The Morgan fingerprint density at radius 1 is 1.24 bits per heavy atom. The van der Waals surface area contributed by atoms with Gasteiger partial charge in [-0.1, -0.05) is 0 Å². The lowest BCUT2D eigenvalue weighted by Gasteiger charge is -2.10. The van der Waals surface area contributed by atoms with Crippen molar-refractivity contribution in [3.8, 4) is 0 Å². The van der Waals surface area contributed by atoms with Crippen molar-refractivity contribution in [3.63, 3.8) is 0 Å². The van der Waals surface area contributed by atoms with Gasteiger partial charge in [0, 0.05) is 23.9 Å². The summed E-state index contributed by atoms with van der Waals surface area (Å²) in [6, 6.07) is 3.91. The summed E-state index contributed by atoms with van der Waals surface area (Å²) in [4.78, 5) is 10.1. The second-order valence-electron chi connectivity index (χ2n) is 4.68. The van der Waals surface area contributed by atoms with Gasteiger partial charge in [-0.05, 0) is 31.9 Å². The number of aryl methyl sites for hydroxylation is 2. The van der Waals surface area contributed by atoms with Crippen LogP contribution in [0.25, 0.3) is 0 Å². The molecule has 0 aliphatic rings. The van der Waals surface area contributed by atoms with Gasteiger partial charge in [0.25, 0.3) is 15.7 Å². The van der Waals surface area contributed by atoms with Crippen LogP contribution in [0.2, 0.25) is 0 Å². The number of nitrogens with one attached hydrogen (secondary N) is 2. The molecule has 0 fully saturated rings. The van der Waals surface area contributed by atoms with Gasteiger partial charge in [0.05, 0.1) is 9.82 Å².